The van der Waals surface area contributed by atoms with E-state index in [9.17, 15) is 4.79 Å². The van der Waals surface area contributed by atoms with Crippen LogP contribution in [-0.2, 0) is 4.79 Å². The Hall–Kier alpha value is -1.02. The standard InChI is InChI=1S/C9H7Cl2NO2/c10-7-1-2-8(11)9(5-7)14-4-3-12-6-13/h1-2,5H,3-4H2. The minimum absolute atomic E-state index is 0.256. The Balaban J connectivity index is 2.57. The summed E-state index contributed by atoms with van der Waals surface area (Å²) in [6.45, 7) is 0.529. The minimum Gasteiger partial charge on any atom is -0.490 e. The van der Waals surface area contributed by atoms with Gasteiger partial charge in [-0.3, -0.25) is 0 Å². The molecule has 0 saturated carbocycles. The van der Waals surface area contributed by atoms with E-state index in [1.54, 1.807) is 18.2 Å². The number of carbonyl (C=O) groups excluding carboxylic acids is 1. The summed E-state index contributed by atoms with van der Waals surface area (Å²) >= 11 is 11.5. The van der Waals surface area contributed by atoms with Gasteiger partial charge in [0.1, 0.15) is 12.4 Å². The van der Waals surface area contributed by atoms with E-state index in [1.807, 2.05) is 0 Å². The Morgan fingerprint density at radius 2 is 2.21 bits per heavy atom. The molecule has 0 amide bonds. The molecule has 0 atom stereocenters. The number of hydrogen-bond acceptors (Lipinski definition) is 3. The largest absolute Gasteiger partial charge is 0.490 e. The molecule has 0 heterocycles. The molecule has 3 nitrogen and oxygen atoms in total. The van der Waals surface area contributed by atoms with E-state index in [2.05, 4.69) is 4.99 Å². The quantitative estimate of drug-likeness (QED) is 0.454. The fraction of sp³-hybridized carbons (Fsp3) is 0.222. The second kappa shape index (κ2) is 5.66. The molecule has 0 bridgehead atoms. The van der Waals surface area contributed by atoms with Gasteiger partial charge in [-0.25, -0.2) is 9.79 Å². The van der Waals surface area contributed by atoms with Crippen molar-refractivity contribution in [3.63, 3.8) is 0 Å². The highest BCUT2D eigenvalue weighted by Gasteiger charge is 2.01. The third-order valence-electron chi connectivity index (χ3n) is 1.42. The highest BCUT2D eigenvalue weighted by Crippen LogP contribution is 2.27. The highest BCUT2D eigenvalue weighted by molar-refractivity contribution is 6.34. The Kier molecular flexibility index (Phi) is 4.47. The van der Waals surface area contributed by atoms with Gasteiger partial charge in [-0.15, -0.1) is 0 Å². The lowest BCUT2D eigenvalue weighted by Crippen LogP contribution is -2.00. The molecule has 0 saturated heterocycles. The first-order valence-corrected chi connectivity index (χ1v) is 4.61. The van der Waals surface area contributed by atoms with E-state index in [-0.39, 0.29) is 13.2 Å². The Morgan fingerprint density at radius 1 is 1.43 bits per heavy atom. The van der Waals surface area contributed by atoms with Crippen LogP contribution in [0.1, 0.15) is 0 Å². The molecule has 0 aliphatic rings. The molecule has 0 radical (unpaired) electrons. The van der Waals surface area contributed by atoms with Gasteiger partial charge < -0.3 is 4.74 Å². The molecule has 1 aromatic rings. The number of benzene rings is 1. The zero-order valence-electron chi connectivity index (χ0n) is 7.17. The molecule has 0 aliphatic heterocycles. The van der Waals surface area contributed by atoms with E-state index in [1.165, 1.54) is 6.08 Å². The molecule has 74 valence electrons. The fourth-order valence-electron chi connectivity index (χ4n) is 0.835. The predicted octanol–water partition coefficient (Wildman–Crippen LogP) is 2.71. The second-order valence-corrected chi connectivity index (χ2v) is 3.24. The van der Waals surface area contributed by atoms with Gasteiger partial charge in [-0.05, 0) is 12.1 Å². The molecule has 1 aromatic carbocycles. The first-order valence-electron chi connectivity index (χ1n) is 3.85. The van der Waals surface area contributed by atoms with Crippen molar-refractivity contribution in [2.75, 3.05) is 13.2 Å². The van der Waals surface area contributed by atoms with E-state index < -0.39 is 0 Å². The van der Waals surface area contributed by atoms with E-state index in [4.69, 9.17) is 27.9 Å². The van der Waals surface area contributed by atoms with E-state index in [0.29, 0.717) is 15.8 Å². The van der Waals surface area contributed by atoms with Gasteiger partial charge >= 0.3 is 0 Å². The summed E-state index contributed by atoms with van der Waals surface area (Å²) < 4.78 is 5.23. The average molecular weight is 232 g/mol. The first kappa shape index (κ1) is 11.1. The molecule has 0 aromatic heterocycles. The molecule has 1 rings (SSSR count). The van der Waals surface area contributed by atoms with Crippen molar-refractivity contribution in [3.8, 4) is 5.75 Å². The molecule has 0 fully saturated rings. The van der Waals surface area contributed by atoms with Crippen molar-refractivity contribution in [3.05, 3.63) is 28.2 Å². The summed E-state index contributed by atoms with van der Waals surface area (Å²) in [4.78, 5) is 13.1. The summed E-state index contributed by atoms with van der Waals surface area (Å²) in [5.41, 5.74) is 0. The van der Waals surface area contributed by atoms with Gasteiger partial charge in [-0.2, -0.15) is 0 Å². The number of hydrogen-bond donors (Lipinski definition) is 0. The van der Waals surface area contributed by atoms with Crippen molar-refractivity contribution < 1.29 is 9.53 Å². The zero-order chi connectivity index (χ0) is 10.4. The lowest BCUT2D eigenvalue weighted by Gasteiger charge is -2.05. The average Bonchev–Trinajstić information content (AvgIpc) is 2.18. The normalized spacial score (nSPS) is 9.29. The highest BCUT2D eigenvalue weighted by atomic mass is 35.5. The number of aliphatic imine (C=N–C) groups is 1. The Labute approximate surface area is 91.3 Å². The van der Waals surface area contributed by atoms with E-state index in [0.717, 1.165) is 0 Å². The van der Waals surface area contributed by atoms with Crippen LogP contribution < -0.4 is 4.74 Å². The fourth-order valence-corrected chi connectivity index (χ4v) is 1.17. The topological polar surface area (TPSA) is 38.7 Å². The van der Waals surface area contributed by atoms with Gasteiger partial charge in [0.15, 0.2) is 0 Å². The van der Waals surface area contributed by atoms with Crippen LogP contribution in [0.2, 0.25) is 10.0 Å². The molecule has 0 unspecified atom stereocenters. The molecule has 0 aliphatic carbocycles. The van der Waals surface area contributed by atoms with Gasteiger partial charge in [0, 0.05) is 11.1 Å². The van der Waals surface area contributed by atoms with Crippen LogP contribution in [0.25, 0.3) is 0 Å². The van der Waals surface area contributed by atoms with Gasteiger partial charge in [0.25, 0.3) is 0 Å². The molecular weight excluding hydrogens is 225 g/mol. The monoisotopic (exact) mass is 231 g/mol. The molecule has 5 heteroatoms. The van der Waals surface area contributed by atoms with Gasteiger partial charge in [-0.1, -0.05) is 23.2 Å². The summed E-state index contributed by atoms with van der Waals surface area (Å²) in [5.74, 6) is 0.486. The predicted molar refractivity (Wildman–Crippen MR) is 54.9 cm³/mol. The SMILES string of the molecule is O=C=NCCOc1cc(Cl)ccc1Cl. The van der Waals surface area contributed by atoms with Crippen molar-refractivity contribution in [2.24, 2.45) is 4.99 Å². The summed E-state index contributed by atoms with van der Waals surface area (Å²) in [5, 5.41) is 1.02. The van der Waals surface area contributed by atoms with Gasteiger partial charge in [0.05, 0.1) is 11.6 Å². The van der Waals surface area contributed by atoms with Crippen molar-refractivity contribution in [1.82, 2.24) is 0 Å². The second-order valence-electron chi connectivity index (χ2n) is 2.40. The number of halogens is 2. The summed E-state index contributed by atoms with van der Waals surface area (Å²) in [6.07, 6.45) is 1.42. The third kappa shape index (κ3) is 3.38. The van der Waals surface area contributed by atoms with Crippen LogP contribution in [0.15, 0.2) is 23.2 Å². The van der Waals surface area contributed by atoms with Crippen molar-refractivity contribution >= 4 is 29.3 Å². The number of nitrogens with zero attached hydrogens (tertiary/aromatic N) is 1. The maximum atomic E-state index is 9.74. The Morgan fingerprint density at radius 3 is 2.93 bits per heavy atom. The first-order chi connectivity index (χ1) is 6.74. The van der Waals surface area contributed by atoms with Crippen LogP contribution >= 0.6 is 23.2 Å². The Bertz CT molecular complexity index is 362. The summed E-state index contributed by atoms with van der Waals surface area (Å²) in [7, 11) is 0. The molecular formula is C9H7Cl2NO2. The van der Waals surface area contributed by atoms with Crippen LogP contribution in [0.4, 0.5) is 0 Å². The van der Waals surface area contributed by atoms with E-state index >= 15 is 0 Å². The third-order valence-corrected chi connectivity index (χ3v) is 1.97. The summed E-state index contributed by atoms with van der Waals surface area (Å²) in [6, 6.07) is 4.91. The molecule has 14 heavy (non-hydrogen) atoms. The zero-order valence-corrected chi connectivity index (χ0v) is 8.68. The van der Waals surface area contributed by atoms with Crippen LogP contribution in [0.5, 0.6) is 5.75 Å². The lowest BCUT2D eigenvalue weighted by molar-refractivity contribution is 0.328. The lowest BCUT2D eigenvalue weighted by atomic mass is 10.3. The minimum atomic E-state index is 0.256. The molecule has 0 N–H and O–H groups in total. The van der Waals surface area contributed by atoms with Crippen molar-refractivity contribution in [2.45, 2.75) is 0 Å². The van der Waals surface area contributed by atoms with Crippen LogP contribution in [-0.4, -0.2) is 19.2 Å². The number of rotatable bonds is 4. The number of ether oxygens (including phenoxy) is 1. The maximum absolute atomic E-state index is 9.74. The van der Waals surface area contributed by atoms with Gasteiger partial charge in [0.2, 0.25) is 6.08 Å². The van der Waals surface area contributed by atoms with Crippen LogP contribution in [0, 0.1) is 0 Å². The molecule has 0 spiro atoms. The maximum Gasteiger partial charge on any atom is 0.235 e. The smallest absolute Gasteiger partial charge is 0.235 e. The van der Waals surface area contributed by atoms with Crippen molar-refractivity contribution in [1.29, 1.82) is 0 Å². The van der Waals surface area contributed by atoms with Crippen LogP contribution in [0.3, 0.4) is 0 Å². The number of isocyanates is 1.